The van der Waals surface area contributed by atoms with E-state index in [9.17, 15) is 4.79 Å². The monoisotopic (exact) mass is 489 g/mol. The molecule has 0 aromatic carbocycles. The van der Waals surface area contributed by atoms with Gasteiger partial charge in [-0.1, -0.05) is 32.9 Å². The minimum atomic E-state index is -0.289. The Bertz CT molecular complexity index is 1490. The van der Waals surface area contributed by atoms with Gasteiger partial charge in [0.1, 0.15) is 12.0 Å². The van der Waals surface area contributed by atoms with E-state index in [4.69, 9.17) is 4.98 Å². The van der Waals surface area contributed by atoms with Gasteiger partial charge < -0.3 is 10.3 Å². The summed E-state index contributed by atoms with van der Waals surface area (Å²) >= 11 is 1.68. The second kappa shape index (κ2) is 8.73. The van der Waals surface area contributed by atoms with Gasteiger partial charge in [-0.05, 0) is 31.5 Å². The Morgan fingerprint density at radius 1 is 1.23 bits per heavy atom. The maximum absolute atomic E-state index is 13.5. The molecule has 0 aliphatic carbocycles. The van der Waals surface area contributed by atoms with Gasteiger partial charge in [0.25, 0.3) is 5.91 Å². The Balaban J connectivity index is 1.67. The summed E-state index contributed by atoms with van der Waals surface area (Å²) in [6.45, 7) is 10.4. The third kappa shape index (κ3) is 4.23. The molecule has 0 fully saturated rings. The van der Waals surface area contributed by atoms with Crippen LogP contribution in [0, 0.1) is 6.92 Å². The number of amides is 1. The second-order valence-corrected chi connectivity index (χ2v) is 10.7. The molecule has 5 aromatic rings. The number of imidazole rings is 1. The topological polar surface area (TPSA) is 119 Å². The molecule has 0 aliphatic heterocycles. The molecular weight excluding hydrogens is 462 g/mol. The van der Waals surface area contributed by atoms with E-state index >= 15 is 0 Å². The summed E-state index contributed by atoms with van der Waals surface area (Å²) in [5, 5.41) is 19.5. The van der Waals surface area contributed by atoms with Gasteiger partial charge in [0, 0.05) is 16.5 Å². The quantitative estimate of drug-likeness (QED) is 0.368. The number of rotatable bonds is 6. The zero-order chi connectivity index (χ0) is 24.7. The fourth-order valence-electron chi connectivity index (χ4n) is 4.02. The van der Waals surface area contributed by atoms with Gasteiger partial charge in [-0.2, -0.15) is 0 Å². The van der Waals surface area contributed by atoms with Crippen LogP contribution in [0.4, 0.5) is 0 Å². The predicted molar refractivity (Wildman–Crippen MR) is 134 cm³/mol. The maximum Gasteiger partial charge on any atom is 0.253 e. The zero-order valence-corrected chi connectivity index (χ0v) is 21.1. The highest BCUT2D eigenvalue weighted by Crippen LogP contribution is 2.32. The van der Waals surface area contributed by atoms with Crippen molar-refractivity contribution in [1.82, 2.24) is 44.9 Å². The Morgan fingerprint density at radius 2 is 2.06 bits per heavy atom. The number of thiophene rings is 1. The van der Waals surface area contributed by atoms with E-state index in [1.807, 2.05) is 29.8 Å². The molecule has 180 valence electrons. The normalized spacial score (nSPS) is 12.8. The van der Waals surface area contributed by atoms with Crippen LogP contribution in [0.2, 0.25) is 0 Å². The Kier molecular flexibility index (Phi) is 5.72. The first kappa shape index (κ1) is 22.9. The Hall–Kier alpha value is -3.86. The molecule has 1 atom stereocenters. The molecule has 0 saturated carbocycles. The Labute approximate surface area is 206 Å². The zero-order valence-electron chi connectivity index (χ0n) is 20.3. The van der Waals surface area contributed by atoms with Crippen LogP contribution in [0.15, 0.2) is 43.1 Å². The minimum Gasteiger partial charge on any atom is -0.342 e. The standard InChI is InChI=1S/C24H27N9OS/c1-6-16(21-26-13-28-30-21)29-23(34)15-9-17(33-20(11-27-31-33)24(3,4)5)22-25-10-18(32(22)12-15)19-8-7-14(2)35-19/h7-13,16H,6H2,1-5H3,(H,29,34)(H,26,28,30). The van der Waals surface area contributed by atoms with Crippen LogP contribution in [0.1, 0.15) is 66.9 Å². The molecule has 10 nitrogen and oxygen atoms in total. The van der Waals surface area contributed by atoms with Gasteiger partial charge >= 0.3 is 0 Å². The predicted octanol–water partition coefficient (Wildman–Crippen LogP) is 4.25. The third-order valence-corrected chi connectivity index (χ3v) is 6.89. The van der Waals surface area contributed by atoms with Crippen LogP contribution in [-0.4, -0.2) is 45.5 Å². The number of pyridine rings is 1. The summed E-state index contributed by atoms with van der Waals surface area (Å²) in [4.78, 5) is 23.5. The summed E-state index contributed by atoms with van der Waals surface area (Å²) in [6, 6.07) is 5.68. The van der Waals surface area contributed by atoms with Crippen molar-refractivity contribution < 1.29 is 4.79 Å². The summed E-state index contributed by atoms with van der Waals surface area (Å²) < 4.78 is 3.73. The third-order valence-electron chi connectivity index (χ3n) is 5.87. The average Bonchev–Trinajstić information content (AvgIpc) is 3.62. The molecule has 0 aliphatic rings. The molecule has 5 heterocycles. The molecule has 11 heteroatoms. The number of aromatic amines is 1. The van der Waals surface area contributed by atoms with Crippen LogP contribution >= 0.6 is 11.3 Å². The van der Waals surface area contributed by atoms with Crippen LogP contribution in [0.3, 0.4) is 0 Å². The summed E-state index contributed by atoms with van der Waals surface area (Å²) in [5.74, 6) is 0.390. The summed E-state index contributed by atoms with van der Waals surface area (Å²) in [5.41, 5.74) is 3.48. The largest absolute Gasteiger partial charge is 0.342 e. The molecule has 1 unspecified atom stereocenters. The van der Waals surface area contributed by atoms with E-state index in [2.05, 4.69) is 70.6 Å². The highest BCUT2D eigenvalue weighted by atomic mass is 32.1. The van der Waals surface area contributed by atoms with Crippen molar-refractivity contribution in [3.8, 4) is 16.3 Å². The molecule has 0 saturated heterocycles. The summed E-state index contributed by atoms with van der Waals surface area (Å²) in [7, 11) is 0. The maximum atomic E-state index is 13.5. The SMILES string of the molecule is CCC(NC(=O)c1cc(-n2nncc2C(C)(C)C)c2ncc(-c3ccc(C)s3)n2c1)c1nnc[nH]1. The van der Waals surface area contributed by atoms with E-state index in [1.54, 1.807) is 22.2 Å². The van der Waals surface area contributed by atoms with E-state index in [0.29, 0.717) is 29.1 Å². The molecule has 0 bridgehead atoms. The number of hydrogen-bond donors (Lipinski definition) is 2. The number of H-pyrrole nitrogens is 1. The van der Waals surface area contributed by atoms with Crippen molar-refractivity contribution in [3.05, 3.63) is 65.1 Å². The van der Waals surface area contributed by atoms with Crippen molar-refractivity contribution in [2.75, 3.05) is 0 Å². The number of fused-ring (bicyclic) bond motifs is 1. The van der Waals surface area contributed by atoms with Crippen LogP contribution in [0.5, 0.6) is 0 Å². The highest BCUT2D eigenvalue weighted by molar-refractivity contribution is 7.15. The summed E-state index contributed by atoms with van der Waals surface area (Å²) in [6.07, 6.45) is 7.59. The fourth-order valence-corrected chi connectivity index (χ4v) is 4.89. The minimum absolute atomic E-state index is 0.210. The fraction of sp³-hybridized carbons (Fsp3) is 0.333. The molecule has 5 aromatic heterocycles. The Morgan fingerprint density at radius 3 is 2.71 bits per heavy atom. The van der Waals surface area contributed by atoms with E-state index in [-0.39, 0.29) is 17.4 Å². The average molecular weight is 490 g/mol. The van der Waals surface area contributed by atoms with Gasteiger partial charge in [-0.3, -0.25) is 9.20 Å². The number of carbonyl (C=O) groups excluding carboxylic acids is 1. The first-order chi connectivity index (χ1) is 16.8. The van der Waals surface area contributed by atoms with Gasteiger partial charge in [-0.15, -0.1) is 26.6 Å². The van der Waals surface area contributed by atoms with E-state index < -0.39 is 0 Å². The lowest BCUT2D eigenvalue weighted by Crippen LogP contribution is -2.29. The second-order valence-electron chi connectivity index (χ2n) is 9.45. The van der Waals surface area contributed by atoms with Crippen molar-refractivity contribution in [3.63, 3.8) is 0 Å². The molecular formula is C24H27N9OS. The van der Waals surface area contributed by atoms with Gasteiger partial charge in [0.2, 0.25) is 0 Å². The van der Waals surface area contributed by atoms with Gasteiger partial charge in [0.05, 0.1) is 40.3 Å². The molecule has 2 N–H and O–H groups in total. The lowest BCUT2D eigenvalue weighted by molar-refractivity contribution is 0.0933. The molecule has 35 heavy (non-hydrogen) atoms. The van der Waals surface area contributed by atoms with Gasteiger partial charge in [-0.25, -0.2) is 9.67 Å². The lowest BCUT2D eigenvalue weighted by atomic mass is 9.92. The molecule has 1 amide bonds. The first-order valence-corrected chi connectivity index (χ1v) is 12.2. The van der Waals surface area contributed by atoms with E-state index in [1.165, 1.54) is 11.2 Å². The van der Waals surface area contributed by atoms with Gasteiger partial charge in [0.15, 0.2) is 11.5 Å². The van der Waals surface area contributed by atoms with Crippen LogP contribution in [-0.2, 0) is 5.41 Å². The number of aryl methyl sites for hydroxylation is 1. The number of nitrogens with zero attached hydrogens (tertiary/aromatic N) is 7. The molecule has 0 spiro atoms. The van der Waals surface area contributed by atoms with Crippen molar-refractivity contribution in [1.29, 1.82) is 0 Å². The van der Waals surface area contributed by atoms with Crippen molar-refractivity contribution >= 4 is 22.9 Å². The smallest absolute Gasteiger partial charge is 0.253 e. The van der Waals surface area contributed by atoms with Crippen molar-refractivity contribution in [2.45, 2.75) is 52.5 Å². The molecule has 5 rings (SSSR count). The number of carbonyl (C=O) groups is 1. The van der Waals surface area contributed by atoms with E-state index in [0.717, 1.165) is 16.3 Å². The number of aromatic nitrogens is 8. The highest BCUT2D eigenvalue weighted by Gasteiger charge is 2.25. The van der Waals surface area contributed by atoms with Crippen molar-refractivity contribution in [2.24, 2.45) is 0 Å². The first-order valence-electron chi connectivity index (χ1n) is 11.4. The number of nitrogens with one attached hydrogen (secondary N) is 2. The van der Waals surface area contributed by atoms with Crippen LogP contribution < -0.4 is 5.32 Å². The lowest BCUT2D eigenvalue weighted by Gasteiger charge is -2.20. The molecule has 0 radical (unpaired) electrons. The van der Waals surface area contributed by atoms with Crippen LogP contribution in [0.25, 0.3) is 21.9 Å². The number of hydrogen-bond acceptors (Lipinski definition) is 7.